The summed E-state index contributed by atoms with van der Waals surface area (Å²) < 4.78 is 0. The number of benzene rings is 1. The Labute approximate surface area is 145 Å². The van der Waals surface area contributed by atoms with E-state index in [-0.39, 0.29) is 5.91 Å². The molecule has 0 aliphatic rings. The van der Waals surface area contributed by atoms with E-state index in [0.717, 1.165) is 17.1 Å². The fraction of sp³-hybridized carbons (Fsp3) is 0.111. The summed E-state index contributed by atoms with van der Waals surface area (Å²) >= 11 is 0. The van der Waals surface area contributed by atoms with Gasteiger partial charge in [-0.25, -0.2) is 9.97 Å². The fourth-order valence-electron chi connectivity index (χ4n) is 2.23. The molecule has 7 heteroatoms. The molecule has 1 amide bonds. The molecule has 3 N–H and O–H groups in total. The molecule has 0 fully saturated rings. The zero-order chi connectivity index (χ0) is 17.5. The van der Waals surface area contributed by atoms with Gasteiger partial charge in [0.25, 0.3) is 0 Å². The summed E-state index contributed by atoms with van der Waals surface area (Å²) in [7, 11) is 0. The van der Waals surface area contributed by atoms with Crippen molar-refractivity contribution in [2.45, 2.75) is 13.5 Å². The van der Waals surface area contributed by atoms with E-state index >= 15 is 0 Å². The second-order valence-corrected chi connectivity index (χ2v) is 5.35. The molecule has 3 rings (SSSR count). The Balaban J connectivity index is 1.66. The van der Waals surface area contributed by atoms with E-state index in [9.17, 15) is 4.79 Å². The Morgan fingerprint density at radius 3 is 2.60 bits per heavy atom. The number of hydrogen-bond acceptors (Lipinski definition) is 6. The smallest absolute Gasteiger partial charge is 0.221 e. The molecule has 0 atom stereocenters. The first-order valence-electron chi connectivity index (χ1n) is 7.79. The number of hydrogen-bond donors (Lipinski definition) is 3. The number of carbonyl (C=O) groups excluding carboxylic acids is 1. The van der Waals surface area contributed by atoms with Gasteiger partial charge in [0.1, 0.15) is 18.0 Å². The van der Waals surface area contributed by atoms with Gasteiger partial charge in [0.05, 0.1) is 12.2 Å². The number of amides is 1. The number of rotatable bonds is 6. The van der Waals surface area contributed by atoms with Gasteiger partial charge in [-0.15, -0.1) is 0 Å². The predicted molar refractivity (Wildman–Crippen MR) is 97.6 cm³/mol. The van der Waals surface area contributed by atoms with Gasteiger partial charge < -0.3 is 16.0 Å². The van der Waals surface area contributed by atoms with Gasteiger partial charge in [-0.1, -0.05) is 12.1 Å². The van der Waals surface area contributed by atoms with Crippen LogP contribution >= 0.6 is 0 Å². The lowest BCUT2D eigenvalue weighted by Gasteiger charge is -2.10. The van der Waals surface area contributed by atoms with Gasteiger partial charge in [-0.2, -0.15) is 0 Å². The number of nitrogens with zero attached hydrogens (tertiary/aromatic N) is 3. The third-order valence-electron chi connectivity index (χ3n) is 3.30. The van der Waals surface area contributed by atoms with E-state index in [4.69, 9.17) is 0 Å². The van der Waals surface area contributed by atoms with Crippen molar-refractivity contribution in [3.8, 4) is 0 Å². The largest absolute Gasteiger partial charge is 0.364 e. The minimum Gasteiger partial charge on any atom is -0.364 e. The first-order valence-corrected chi connectivity index (χ1v) is 7.79. The van der Waals surface area contributed by atoms with Crippen molar-refractivity contribution >= 4 is 28.9 Å². The molecule has 2 aromatic heterocycles. The van der Waals surface area contributed by atoms with E-state index in [1.807, 2.05) is 48.5 Å². The number of aromatic nitrogens is 3. The Hall–Kier alpha value is -3.48. The lowest BCUT2D eigenvalue weighted by atomic mass is 10.2. The Bertz CT molecular complexity index is 853. The van der Waals surface area contributed by atoms with Crippen LogP contribution in [0.25, 0.3) is 0 Å². The van der Waals surface area contributed by atoms with Crippen LogP contribution in [0.4, 0.5) is 23.0 Å². The lowest BCUT2D eigenvalue weighted by Crippen LogP contribution is -2.06. The quantitative estimate of drug-likeness (QED) is 0.641. The van der Waals surface area contributed by atoms with Gasteiger partial charge in [0.2, 0.25) is 5.91 Å². The van der Waals surface area contributed by atoms with Crippen LogP contribution in [0.1, 0.15) is 12.6 Å². The summed E-state index contributed by atoms with van der Waals surface area (Å²) in [5.41, 5.74) is 2.47. The van der Waals surface area contributed by atoms with Crippen molar-refractivity contribution in [2.75, 3.05) is 16.0 Å². The van der Waals surface area contributed by atoms with Crippen LogP contribution in [0, 0.1) is 0 Å². The third kappa shape index (κ3) is 5.00. The molecular weight excluding hydrogens is 316 g/mol. The molecule has 3 aromatic rings. The van der Waals surface area contributed by atoms with E-state index in [0.29, 0.717) is 18.2 Å². The molecule has 2 heterocycles. The lowest BCUT2D eigenvalue weighted by molar-refractivity contribution is -0.114. The number of anilines is 4. The van der Waals surface area contributed by atoms with E-state index in [1.54, 1.807) is 6.20 Å². The van der Waals surface area contributed by atoms with Crippen molar-refractivity contribution in [2.24, 2.45) is 0 Å². The van der Waals surface area contributed by atoms with Gasteiger partial charge in [0, 0.05) is 30.6 Å². The van der Waals surface area contributed by atoms with Crippen molar-refractivity contribution in [1.82, 2.24) is 15.0 Å². The molecular formula is C18H18N6O. The standard InChI is InChI=1S/C18H18N6O/c1-13(25)23-14-6-4-7-15(9-14)24-18-10-17(21-12-22-18)20-11-16-5-2-3-8-19-16/h2-10,12H,11H2,1H3,(H,23,25)(H2,20,21,22,24). The summed E-state index contributed by atoms with van der Waals surface area (Å²) in [5.74, 6) is 1.24. The maximum Gasteiger partial charge on any atom is 0.221 e. The van der Waals surface area contributed by atoms with Crippen LogP contribution in [0.15, 0.2) is 61.1 Å². The molecule has 1 aromatic carbocycles. The number of nitrogens with one attached hydrogen (secondary N) is 3. The molecule has 0 unspecified atom stereocenters. The van der Waals surface area contributed by atoms with Gasteiger partial charge >= 0.3 is 0 Å². The summed E-state index contributed by atoms with van der Waals surface area (Å²) in [5, 5.41) is 9.16. The zero-order valence-electron chi connectivity index (χ0n) is 13.7. The highest BCUT2D eigenvalue weighted by Crippen LogP contribution is 2.20. The molecule has 0 aliphatic carbocycles. The monoisotopic (exact) mass is 334 g/mol. The fourth-order valence-corrected chi connectivity index (χ4v) is 2.23. The van der Waals surface area contributed by atoms with Crippen LogP contribution < -0.4 is 16.0 Å². The second kappa shape index (κ2) is 7.87. The maximum atomic E-state index is 11.2. The Morgan fingerprint density at radius 2 is 1.80 bits per heavy atom. The highest BCUT2D eigenvalue weighted by atomic mass is 16.1. The van der Waals surface area contributed by atoms with Crippen LogP contribution in [0.3, 0.4) is 0 Å². The van der Waals surface area contributed by atoms with Crippen molar-refractivity contribution in [3.05, 3.63) is 66.7 Å². The van der Waals surface area contributed by atoms with E-state index < -0.39 is 0 Å². The summed E-state index contributed by atoms with van der Waals surface area (Å²) in [6.45, 7) is 2.05. The molecule has 126 valence electrons. The molecule has 25 heavy (non-hydrogen) atoms. The zero-order valence-corrected chi connectivity index (χ0v) is 13.7. The average Bonchev–Trinajstić information content (AvgIpc) is 2.61. The number of pyridine rings is 1. The second-order valence-electron chi connectivity index (χ2n) is 5.35. The van der Waals surface area contributed by atoms with Gasteiger partial charge in [0.15, 0.2) is 0 Å². The van der Waals surface area contributed by atoms with E-state index in [1.165, 1.54) is 13.3 Å². The highest BCUT2D eigenvalue weighted by molar-refractivity contribution is 5.89. The predicted octanol–water partition coefficient (Wildman–Crippen LogP) is 3.19. The van der Waals surface area contributed by atoms with E-state index in [2.05, 4.69) is 30.9 Å². The van der Waals surface area contributed by atoms with Crippen LogP contribution in [0.2, 0.25) is 0 Å². The molecule has 7 nitrogen and oxygen atoms in total. The minimum absolute atomic E-state index is 0.111. The van der Waals surface area contributed by atoms with Crippen molar-refractivity contribution in [1.29, 1.82) is 0 Å². The average molecular weight is 334 g/mol. The normalized spacial score (nSPS) is 10.1. The Kier molecular flexibility index (Phi) is 5.16. The number of carbonyl (C=O) groups is 1. The van der Waals surface area contributed by atoms with Gasteiger partial charge in [-0.05, 0) is 30.3 Å². The molecule has 0 bridgehead atoms. The molecule has 0 saturated heterocycles. The SMILES string of the molecule is CC(=O)Nc1cccc(Nc2cc(NCc3ccccn3)ncn2)c1. The van der Waals surface area contributed by atoms with Crippen LogP contribution in [0.5, 0.6) is 0 Å². The maximum absolute atomic E-state index is 11.2. The summed E-state index contributed by atoms with van der Waals surface area (Å²) in [4.78, 5) is 23.8. The minimum atomic E-state index is -0.111. The molecule has 0 aliphatic heterocycles. The molecule has 0 saturated carbocycles. The summed E-state index contributed by atoms with van der Waals surface area (Å²) in [6.07, 6.45) is 3.24. The molecule has 0 spiro atoms. The highest BCUT2D eigenvalue weighted by Gasteiger charge is 2.02. The third-order valence-corrected chi connectivity index (χ3v) is 3.30. The molecule has 0 radical (unpaired) electrons. The van der Waals surface area contributed by atoms with Gasteiger partial charge in [-0.3, -0.25) is 9.78 Å². The first kappa shape index (κ1) is 16.4. The van der Waals surface area contributed by atoms with Crippen molar-refractivity contribution in [3.63, 3.8) is 0 Å². The van der Waals surface area contributed by atoms with Crippen LogP contribution in [-0.2, 0) is 11.3 Å². The summed E-state index contributed by atoms with van der Waals surface area (Å²) in [6, 6.07) is 15.0. The van der Waals surface area contributed by atoms with Crippen molar-refractivity contribution < 1.29 is 4.79 Å². The van der Waals surface area contributed by atoms with Crippen LogP contribution in [-0.4, -0.2) is 20.9 Å². The Morgan fingerprint density at radius 1 is 0.960 bits per heavy atom. The first-order chi connectivity index (χ1) is 12.2. The topological polar surface area (TPSA) is 91.8 Å².